The van der Waals surface area contributed by atoms with E-state index in [1.165, 1.54) is 0 Å². The molecule has 1 unspecified atom stereocenters. The van der Waals surface area contributed by atoms with Crippen LogP contribution in [0.2, 0.25) is 0 Å². The summed E-state index contributed by atoms with van der Waals surface area (Å²) in [7, 11) is -0.332. The van der Waals surface area contributed by atoms with Crippen molar-refractivity contribution in [2.24, 2.45) is 0 Å². The summed E-state index contributed by atoms with van der Waals surface area (Å²) in [5.74, 6) is 0. The molecule has 2 nitrogen and oxygen atoms in total. The van der Waals surface area contributed by atoms with Crippen molar-refractivity contribution in [2.75, 3.05) is 0 Å². The summed E-state index contributed by atoms with van der Waals surface area (Å²) in [5, 5.41) is 7.26. The highest BCUT2D eigenvalue weighted by atomic mass is 35.7. The molecule has 0 aliphatic rings. The number of halogens is 1. The summed E-state index contributed by atoms with van der Waals surface area (Å²) < 4.78 is 3.33. The van der Waals surface area contributed by atoms with Gasteiger partial charge in [0, 0.05) is 0 Å². The Morgan fingerprint density at radius 1 is 2.00 bits per heavy atom. The lowest BCUT2D eigenvalue weighted by Gasteiger charge is -1.70. The molecule has 0 saturated heterocycles. The molecule has 4 heteroatoms. The first-order valence-electron chi connectivity index (χ1n) is 0.576. The number of hydrogen-bond acceptors (Lipinski definition) is 2. The van der Waals surface area contributed by atoms with Gasteiger partial charge in [-0.3, -0.25) is 0 Å². The van der Waals surface area contributed by atoms with Gasteiger partial charge in [0.25, 0.3) is 0 Å². The van der Waals surface area contributed by atoms with Gasteiger partial charge in [-0.1, -0.05) is 11.2 Å². The Balaban J connectivity index is 1.97. The van der Waals surface area contributed by atoms with Crippen LogP contribution >= 0.6 is 19.4 Å². The summed E-state index contributed by atoms with van der Waals surface area (Å²) in [6.07, 6.45) is 0. The Kier molecular flexibility index (Phi) is 4.22. The zero-order chi connectivity index (χ0) is 3.41. The highest BCUT2D eigenvalue weighted by Crippen LogP contribution is 2.12. The van der Waals surface area contributed by atoms with Crippen molar-refractivity contribution in [1.29, 1.82) is 0 Å². The van der Waals surface area contributed by atoms with Crippen LogP contribution in [-0.4, -0.2) is 5.26 Å². The van der Waals surface area contributed by atoms with E-state index in [1.54, 1.807) is 0 Å². The highest BCUT2D eigenvalue weighted by Gasteiger charge is 1.58. The SMILES string of the molecule is OOPCl. The molecule has 0 saturated carbocycles. The molecule has 0 aliphatic heterocycles. The van der Waals surface area contributed by atoms with E-state index in [2.05, 4.69) is 4.67 Å². The molecule has 0 heterocycles. The molecule has 0 fully saturated rings. The first kappa shape index (κ1) is 4.64. The minimum atomic E-state index is -0.332. The monoisotopic (exact) mass is 99.9 g/mol. The van der Waals surface area contributed by atoms with E-state index < -0.39 is 0 Å². The third-order valence-corrected chi connectivity index (χ3v) is 0.311. The Morgan fingerprint density at radius 3 is 2.25 bits per heavy atom. The second kappa shape index (κ2) is 3.64. The first-order valence-corrected chi connectivity index (χ1v) is 2.50. The first-order chi connectivity index (χ1) is 1.91. The van der Waals surface area contributed by atoms with Gasteiger partial charge in [0.15, 0.2) is 8.16 Å². The zero-order valence-corrected chi connectivity index (χ0v) is 3.49. The van der Waals surface area contributed by atoms with E-state index in [0.717, 1.165) is 0 Å². The summed E-state index contributed by atoms with van der Waals surface area (Å²) in [5.41, 5.74) is 0. The molecule has 0 bridgehead atoms. The minimum Gasteiger partial charge on any atom is -0.248 e. The van der Waals surface area contributed by atoms with Crippen molar-refractivity contribution in [3.8, 4) is 0 Å². The Morgan fingerprint density at radius 2 is 2.25 bits per heavy atom. The normalized spacial score (nSPS) is 10.5. The standard InChI is InChI=1S/ClH2O2P/c1-4-3-2/h2,4H. The smallest absolute Gasteiger partial charge is 0.151 e. The largest absolute Gasteiger partial charge is 0.248 e. The molecular formula is H2ClO2P. The molecule has 0 aromatic carbocycles. The fraction of sp³-hybridized carbons (Fsp3) is 0. The number of rotatable bonds is 1. The third kappa shape index (κ3) is 2.64. The van der Waals surface area contributed by atoms with Crippen LogP contribution in [0.1, 0.15) is 0 Å². The van der Waals surface area contributed by atoms with Crippen molar-refractivity contribution in [3.05, 3.63) is 0 Å². The predicted molar refractivity (Wildman–Crippen MR) is 17.9 cm³/mol. The van der Waals surface area contributed by atoms with E-state index in [1.807, 2.05) is 0 Å². The maximum Gasteiger partial charge on any atom is 0.151 e. The maximum absolute atomic E-state index is 7.26. The second-order valence-electron chi connectivity index (χ2n) is 0.168. The molecule has 26 valence electrons. The maximum atomic E-state index is 7.26. The number of hydrogen-bond donors (Lipinski definition) is 1. The minimum absolute atomic E-state index is 0.332. The molecule has 0 aromatic rings. The van der Waals surface area contributed by atoms with E-state index in [0.29, 0.717) is 0 Å². The van der Waals surface area contributed by atoms with Gasteiger partial charge >= 0.3 is 0 Å². The van der Waals surface area contributed by atoms with Crippen molar-refractivity contribution < 1.29 is 9.93 Å². The topological polar surface area (TPSA) is 29.5 Å². The van der Waals surface area contributed by atoms with Gasteiger partial charge in [-0.05, 0) is 0 Å². The molecule has 0 rings (SSSR count). The van der Waals surface area contributed by atoms with Gasteiger partial charge in [0.2, 0.25) is 0 Å². The van der Waals surface area contributed by atoms with Gasteiger partial charge in [-0.2, -0.15) is 0 Å². The quantitative estimate of drug-likeness (QED) is 0.305. The average molecular weight is 100 g/mol. The lowest BCUT2D eigenvalue weighted by Crippen LogP contribution is -1.46. The van der Waals surface area contributed by atoms with E-state index >= 15 is 0 Å². The van der Waals surface area contributed by atoms with Crippen molar-refractivity contribution >= 4 is 19.4 Å². The van der Waals surface area contributed by atoms with E-state index in [4.69, 9.17) is 16.5 Å². The van der Waals surface area contributed by atoms with Gasteiger partial charge < -0.3 is 0 Å². The van der Waals surface area contributed by atoms with E-state index in [9.17, 15) is 0 Å². The third-order valence-electron chi connectivity index (χ3n) is 0.0345. The summed E-state index contributed by atoms with van der Waals surface area (Å²) in [6.45, 7) is 0. The lowest BCUT2D eigenvalue weighted by atomic mass is 15.0. The lowest BCUT2D eigenvalue weighted by molar-refractivity contribution is -0.120. The Bertz CT molecular complexity index is 8.00. The second-order valence-corrected chi connectivity index (χ2v) is 0.968. The fourth-order valence-corrected chi connectivity index (χ4v) is 0. The van der Waals surface area contributed by atoms with Crippen LogP contribution in [-0.2, 0) is 4.67 Å². The van der Waals surface area contributed by atoms with Crippen molar-refractivity contribution in [2.45, 2.75) is 0 Å². The Hall–Kier alpha value is 0.640. The molecule has 1 atom stereocenters. The molecule has 4 heavy (non-hydrogen) atoms. The molecule has 0 aliphatic carbocycles. The molecule has 0 radical (unpaired) electrons. The highest BCUT2D eigenvalue weighted by molar-refractivity contribution is 7.64. The molecule has 0 aromatic heterocycles. The van der Waals surface area contributed by atoms with Crippen LogP contribution < -0.4 is 0 Å². The predicted octanol–water partition coefficient (Wildman–Crippen LogP) is 1.22. The van der Waals surface area contributed by atoms with Crippen molar-refractivity contribution in [3.63, 3.8) is 0 Å². The molecule has 1 N–H and O–H groups in total. The van der Waals surface area contributed by atoms with Gasteiger partial charge in [-0.15, -0.1) is 0 Å². The molecule has 0 spiro atoms. The Labute approximate surface area is 30.3 Å². The van der Waals surface area contributed by atoms with Crippen LogP contribution in [0.15, 0.2) is 0 Å². The average Bonchev–Trinajstić information content (AvgIpc) is 1.37. The van der Waals surface area contributed by atoms with Crippen LogP contribution in [0.4, 0.5) is 0 Å². The van der Waals surface area contributed by atoms with E-state index in [-0.39, 0.29) is 8.16 Å². The summed E-state index contributed by atoms with van der Waals surface area (Å²) in [6, 6.07) is 0. The van der Waals surface area contributed by atoms with Crippen LogP contribution in [0, 0.1) is 0 Å². The summed E-state index contributed by atoms with van der Waals surface area (Å²) in [4.78, 5) is 0. The molecular weight excluding hydrogens is 98.4 g/mol. The summed E-state index contributed by atoms with van der Waals surface area (Å²) >= 11 is 4.74. The van der Waals surface area contributed by atoms with Crippen molar-refractivity contribution in [1.82, 2.24) is 0 Å². The van der Waals surface area contributed by atoms with Gasteiger partial charge in [0.05, 0.1) is 0 Å². The van der Waals surface area contributed by atoms with Gasteiger partial charge in [-0.25, -0.2) is 9.93 Å². The molecule has 0 amide bonds. The van der Waals surface area contributed by atoms with Crippen LogP contribution in [0.3, 0.4) is 0 Å². The van der Waals surface area contributed by atoms with Crippen LogP contribution in [0.25, 0.3) is 0 Å². The van der Waals surface area contributed by atoms with Crippen LogP contribution in [0.5, 0.6) is 0 Å². The zero-order valence-electron chi connectivity index (χ0n) is 1.73. The fourth-order valence-electron chi connectivity index (χ4n) is 0. The van der Waals surface area contributed by atoms with Gasteiger partial charge in [0.1, 0.15) is 0 Å².